The topological polar surface area (TPSA) is 62.6 Å². The number of hydrogen-bond donors (Lipinski definition) is 0. The molecule has 0 radical (unpaired) electrons. The first kappa shape index (κ1) is 15.9. The van der Waals surface area contributed by atoms with E-state index >= 15 is 0 Å². The van der Waals surface area contributed by atoms with E-state index in [0.29, 0.717) is 22.9 Å². The Labute approximate surface area is 139 Å². The fraction of sp³-hybridized carbons (Fsp3) is 0.222. The molecule has 24 heavy (non-hydrogen) atoms. The van der Waals surface area contributed by atoms with Crippen molar-refractivity contribution < 1.29 is 14.2 Å². The number of aromatic nitrogens is 2. The monoisotopic (exact) mass is 326 g/mol. The molecule has 0 aliphatic carbocycles. The van der Waals surface area contributed by atoms with E-state index in [1.54, 1.807) is 44.0 Å². The van der Waals surface area contributed by atoms with Crippen LogP contribution in [0.25, 0.3) is 11.0 Å². The van der Waals surface area contributed by atoms with Crippen molar-refractivity contribution in [3.05, 3.63) is 58.5 Å². The quantitative estimate of drug-likeness (QED) is 0.721. The highest BCUT2D eigenvalue weighted by molar-refractivity contribution is 5.74. The number of rotatable bonds is 5. The number of aryl methyl sites for hydroxylation is 1. The molecule has 6 heteroatoms. The highest BCUT2D eigenvalue weighted by Crippen LogP contribution is 2.31. The lowest BCUT2D eigenvalue weighted by atomic mass is 10.3. The number of fused-ring (bicyclic) bond motifs is 1. The van der Waals surface area contributed by atoms with Crippen LogP contribution in [-0.2, 0) is 13.7 Å². The Morgan fingerprint density at radius 1 is 1.04 bits per heavy atom. The summed E-state index contributed by atoms with van der Waals surface area (Å²) in [7, 11) is 4.86. The number of para-hydroxylation sites is 2. The molecule has 0 unspecified atom stereocenters. The van der Waals surface area contributed by atoms with Crippen molar-refractivity contribution in [1.29, 1.82) is 0 Å². The fourth-order valence-corrected chi connectivity index (χ4v) is 2.49. The van der Waals surface area contributed by atoms with Gasteiger partial charge in [-0.25, -0.2) is 4.98 Å². The molecule has 0 aliphatic rings. The molecule has 0 aliphatic heterocycles. The lowest BCUT2D eigenvalue weighted by molar-refractivity contribution is 0.294. The molecule has 0 N–H and O–H groups in total. The lowest BCUT2D eigenvalue weighted by Crippen LogP contribution is -2.24. The zero-order valence-electron chi connectivity index (χ0n) is 13.8. The Hall–Kier alpha value is -3.02. The molecule has 124 valence electrons. The summed E-state index contributed by atoms with van der Waals surface area (Å²) >= 11 is 0. The summed E-state index contributed by atoms with van der Waals surface area (Å²) in [5, 5.41) is 0. The van der Waals surface area contributed by atoms with E-state index in [1.165, 1.54) is 0 Å². The molecule has 2 aromatic carbocycles. The van der Waals surface area contributed by atoms with Crippen molar-refractivity contribution in [3.63, 3.8) is 0 Å². The number of methoxy groups -OCH3 is 2. The molecule has 0 fully saturated rings. The van der Waals surface area contributed by atoms with Crippen molar-refractivity contribution in [2.24, 2.45) is 7.05 Å². The first-order valence-electron chi connectivity index (χ1n) is 7.43. The molecule has 3 aromatic rings. The van der Waals surface area contributed by atoms with Crippen LogP contribution in [0.1, 0.15) is 5.69 Å². The summed E-state index contributed by atoms with van der Waals surface area (Å²) in [6, 6.07) is 12.7. The van der Waals surface area contributed by atoms with Crippen molar-refractivity contribution in [3.8, 4) is 17.2 Å². The third-order valence-electron chi connectivity index (χ3n) is 3.78. The Kier molecular flexibility index (Phi) is 4.37. The van der Waals surface area contributed by atoms with Crippen LogP contribution in [0.5, 0.6) is 17.2 Å². The van der Waals surface area contributed by atoms with E-state index in [9.17, 15) is 4.79 Å². The number of nitrogens with zero attached hydrogens (tertiary/aromatic N) is 2. The molecular formula is C18H18N2O4. The third kappa shape index (κ3) is 2.90. The van der Waals surface area contributed by atoms with Gasteiger partial charge in [0.2, 0.25) is 0 Å². The lowest BCUT2D eigenvalue weighted by Gasteiger charge is -2.11. The largest absolute Gasteiger partial charge is 0.493 e. The minimum atomic E-state index is -0.172. The molecule has 0 bridgehead atoms. The second-order valence-corrected chi connectivity index (χ2v) is 5.22. The van der Waals surface area contributed by atoms with E-state index in [1.807, 2.05) is 24.3 Å². The normalized spacial score (nSPS) is 10.6. The zero-order chi connectivity index (χ0) is 17.1. The Balaban J connectivity index is 1.88. The predicted molar refractivity (Wildman–Crippen MR) is 90.9 cm³/mol. The van der Waals surface area contributed by atoms with Gasteiger partial charge in [-0.15, -0.1) is 0 Å². The molecule has 0 spiro atoms. The molecule has 1 aromatic heterocycles. The van der Waals surface area contributed by atoms with Crippen molar-refractivity contribution >= 4 is 11.0 Å². The Bertz CT molecular complexity index is 934. The summed E-state index contributed by atoms with van der Waals surface area (Å²) in [4.78, 5) is 16.8. The maximum Gasteiger partial charge on any atom is 0.276 e. The highest BCUT2D eigenvalue weighted by atomic mass is 16.5. The SMILES string of the molecule is COc1ccc(OCc2nc3ccccc3n(C)c2=O)cc1OC. The van der Waals surface area contributed by atoms with E-state index in [2.05, 4.69) is 4.98 Å². The molecule has 0 amide bonds. The van der Waals surface area contributed by atoms with Gasteiger partial charge in [-0.2, -0.15) is 0 Å². The van der Waals surface area contributed by atoms with Gasteiger partial charge in [0.25, 0.3) is 5.56 Å². The second-order valence-electron chi connectivity index (χ2n) is 5.22. The standard InChI is InChI=1S/C18H18N2O4/c1-20-15-7-5-4-6-13(15)19-14(18(20)21)11-24-12-8-9-16(22-2)17(10-12)23-3/h4-10H,11H2,1-3H3. The Morgan fingerprint density at radius 2 is 1.79 bits per heavy atom. The van der Waals surface area contributed by atoms with E-state index < -0.39 is 0 Å². The van der Waals surface area contributed by atoms with Crippen LogP contribution in [-0.4, -0.2) is 23.8 Å². The van der Waals surface area contributed by atoms with Gasteiger partial charge in [0.05, 0.1) is 25.3 Å². The predicted octanol–water partition coefficient (Wildman–Crippen LogP) is 2.53. The van der Waals surface area contributed by atoms with Crippen molar-refractivity contribution in [2.45, 2.75) is 6.61 Å². The Morgan fingerprint density at radius 3 is 2.54 bits per heavy atom. The zero-order valence-corrected chi connectivity index (χ0v) is 13.8. The summed E-state index contributed by atoms with van der Waals surface area (Å²) in [6.07, 6.45) is 0. The minimum absolute atomic E-state index is 0.0764. The third-order valence-corrected chi connectivity index (χ3v) is 3.78. The summed E-state index contributed by atoms with van der Waals surface area (Å²) in [5.41, 5.74) is 1.73. The molecule has 0 atom stereocenters. The van der Waals surface area contributed by atoms with Gasteiger partial charge in [0.15, 0.2) is 11.5 Å². The van der Waals surface area contributed by atoms with E-state index in [0.717, 1.165) is 11.0 Å². The van der Waals surface area contributed by atoms with Gasteiger partial charge < -0.3 is 18.8 Å². The smallest absolute Gasteiger partial charge is 0.276 e. The van der Waals surface area contributed by atoms with E-state index in [4.69, 9.17) is 14.2 Å². The minimum Gasteiger partial charge on any atom is -0.493 e. The van der Waals surface area contributed by atoms with Gasteiger partial charge in [-0.1, -0.05) is 12.1 Å². The number of benzene rings is 2. The van der Waals surface area contributed by atoms with Crippen LogP contribution in [0, 0.1) is 0 Å². The molecule has 0 saturated heterocycles. The van der Waals surface area contributed by atoms with Crippen LogP contribution in [0.3, 0.4) is 0 Å². The van der Waals surface area contributed by atoms with Crippen LogP contribution in [0.2, 0.25) is 0 Å². The van der Waals surface area contributed by atoms with Gasteiger partial charge >= 0.3 is 0 Å². The van der Waals surface area contributed by atoms with Crippen LogP contribution >= 0.6 is 0 Å². The van der Waals surface area contributed by atoms with Crippen molar-refractivity contribution in [2.75, 3.05) is 14.2 Å². The highest BCUT2D eigenvalue weighted by Gasteiger charge is 2.10. The second kappa shape index (κ2) is 6.62. The summed E-state index contributed by atoms with van der Waals surface area (Å²) < 4.78 is 17.7. The first-order valence-corrected chi connectivity index (χ1v) is 7.43. The van der Waals surface area contributed by atoms with Crippen LogP contribution < -0.4 is 19.8 Å². The molecule has 6 nitrogen and oxygen atoms in total. The van der Waals surface area contributed by atoms with Crippen LogP contribution in [0.15, 0.2) is 47.3 Å². The molecule has 0 saturated carbocycles. The summed E-state index contributed by atoms with van der Waals surface area (Å²) in [6.45, 7) is 0.0764. The number of hydrogen-bond acceptors (Lipinski definition) is 5. The van der Waals surface area contributed by atoms with Gasteiger partial charge in [0, 0.05) is 13.1 Å². The van der Waals surface area contributed by atoms with Gasteiger partial charge in [-0.05, 0) is 24.3 Å². The van der Waals surface area contributed by atoms with Gasteiger partial charge in [-0.3, -0.25) is 4.79 Å². The average Bonchev–Trinajstić information content (AvgIpc) is 2.63. The molecular weight excluding hydrogens is 308 g/mol. The van der Waals surface area contributed by atoms with E-state index in [-0.39, 0.29) is 12.2 Å². The number of ether oxygens (including phenoxy) is 3. The van der Waals surface area contributed by atoms with Crippen molar-refractivity contribution in [1.82, 2.24) is 9.55 Å². The first-order chi connectivity index (χ1) is 11.6. The maximum atomic E-state index is 12.4. The molecule has 1 heterocycles. The fourth-order valence-electron chi connectivity index (χ4n) is 2.49. The maximum absolute atomic E-state index is 12.4. The molecule has 3 rings (SSSR count). The van der Waals surface area contributed by atoms with Crippen LogP contribution in [0.4, 0.5) is 0 Å². The van der Waals surface area contributed by atoms with Gasteiger partial charge in [0.1, 0.15) is 18.1 Å². The summed E-state index contributed by atoms with van der Waals surface area (Å²) in [5.74, 6) is 1.75. The average molecular weight is 326 g/mol.